The van der Waals surface area contributed by atoms with Crippen molar-refractivity contribution in [3.63, 3.8) is 0 Å². The average molecular weight is 316 g/mol. The minimum Gasteiger partial charge on any atom is -0.311 e. The summed E-state index contributed by atoms with van der Waals surface area (Å²) in [6.07, 6.45) is 3.02. The number of nitrogens with zero attached hydrogens (tertiary/aromatic N) is 1. The van der Waals surface area contributed by atoms with Gasteiger partial charge in [-0.3, -0.25) is 5.10 Å². The summed E-state index contributed by atoms with van der Waals surface area (Å²) < 4.78 is 27.5. The summed E-state index contributed by atoms with van der Waals surface area (Å²) in [5.41, 5.74) is 1.13. The average Bonchev–Trinajstić information content (AvgIpc) is 2.77. The second kappa shape index (κ2) is 8.51. The number of rotatable bonds is 10. The molecule has 0 spiro atoms. The lowest BCUT2D eigenvalue weighted by Gasteiger charge is -2.09. The number of nitrogens with one attached hydrogen (secondary N) is 3. The first-order valence-electron chi connectivity index (χ1n) is 7.62. The van der Waals surface area contributed by atoms with Gasteiger partial charge in [-0.15, -0.1) is 0 Å². The van der Waals surface area contributed by atoms with E-state index >= 15 is 0 Å². The second-order valence-electron chi connectivity index (χ2n) is 5.69. The summed E-state index contributed by atoms with van der Waals surface area (Å²) in [5, 5.41) is 9.94. The lowest BCUT2D eigenvalue weighted by molar-refractivity contribution is 0.530. The van der Waals surface area contributed by atoms with Crippen molar-refractivity contribution in [2.75, 3.05) is 13.1 Å². The number of aromatic amines is 1. The Kier molecular flexibility index (Phi) is 7.34. The summed E-state index contributed by atoms with van der Waals surface area (Å²) in [7, 11) is -3.49. The van der Waals surface area contributed by atoms with Gasteiger partial charge in [0.25, 0.3) is 0 Å². The van der Waals surface area contributed by atoms with Crippen LogP contribution in [0.4, 0.5) is 0 Å². The molecular formula is C14H28N4O2S. The summed E-state index contributed by atoms with van der Waals surface area (Å²) in [5.74, 6) is 0.657. The molecular weight excluding hydrogens is 288 g/mol. The maximum atomic E-state index is 12.4. The van der Waals surface area contributed by atoms with Gasteiger partial charge < -0.3 is 5.32 Å². The number of H-pyrrole nitrogens is 1. The van der Waals surface area contributed by atoms with Crippen LogP contribution >= 0.6 is 0 Å². The summed E-state index contributed by atoms with van der Waals surface area (Å²) in [6, 6.07) is 0. The highest BCUT2D eigenvalue weighted by Gasteiger charge is 2.23. The normalized spacial score (nSPS) is 12.2. The van der Waals surface area contributed by atoms with Gasteiger partial charge in [0.1, 0.15) is 4.90 Å². The zero-order valence-electron chi connectivity index (χ0n) is 13.5. The van der Waals surface area contributed by atoms with Crippen molar-refractivity contribution in [3.05, 3.63) is 11.4 Å². The van der Waals surface area contributed by atoms with E-state index in [1.807, 2.05) is 6.92 Å². The van der Waals surface area contributed by atoms with E-state index in [0.29, 0.717) is 30.4 Å². The molecule has 0 saturated carbocycles. The molecule has 21 heavy (non-hydrogen) atoms. The van der Waals surface area contributed by atoms with Gasteiger partial charge in [-0.05, 0) is 25.8 Å². The molecule has 0 aliphatic rings. The lowest BCUT2D eigenvalue weighted by Crippen LogP contribution is -2.27. The van der Waals surface area contributed by atoms with Crippen molar-refractivity contribution in [1.82, 2.24) is 20.2 Å². The van der Waals surface area contributed by atoms with E-state index in [2.05, 4.69) is 34.1 Å². The third-order valence-corrected chi connectivity index (χ3v) is 4.94. The molecule has 0 fully saturated rings. The fourth-order valence-corrected chi connectivity index (χ4v) is 3.58. The summed E-state index contributed by atoms with van der Waals surface area (Å²) >= 11 is 0. The smallest absolute Gasteiger partial charge is 0.244 e. The summed E-state index contributed by atoms with van der Waals surface area (Å²) in [4.78, 5) is 0.285. The Morgan fingerprint density at radius 3 is 2.62 bits per heavy atom. The molecule has 0 atom stereocenters. The van der Waals surface area contributed by atoms with Gasteiger partial charge >= 0.3 is 0 Å². The zero-order chi connectivity index (χ0) is 15.9. The van der Waals surface area contributed by atoms with Crippen LogP contribution in [0.2, 0.25) is 0 Å². The van der Waals surface area contributed by atoms with Gasteiger partial charge in [-0.1, -0.05) is 33.6 Å². The fraction of sp³-hybridized carbons (Fsp3) is 0.786. The van der Waals surface area contributed by atoms with E-state index < -0.39 is 10.0 Å². The highest BCUT2D eigenvalue weighted by molar-refractivity contribution is 7.89. The Balaban J connectivity index is 2.63. The van der Waals surface area contributed by atoms with Gasteiger partial charge in [0, 0.05) is 13.1 Å². The second-order valence-corrected chi connectivity index (χ2v) is 7.40. The Hall–Kier alpha value is -0.920. The molecule has 0 saturated heterocycles. The van der Waals surface area contributed by atoms with Crippen molar-refractivity contribution >= 4 is 10.0 Å². The molecule has 0 unspecified atom stereocenters. The molecule has 0 bridgehead atoms. The van der Waals surface area contributed by atoms with Crippen LogP contribution in [0.3, 0.4) is 0 Å². The van der Waals surface area contributed by atoms with E-state index in [1.165, 1.54) is 0 Å². The molecule has 0 radical (unpaired) electrons. The lowest BCUT2D eigenvalue weighted by atomic mass is 10.1. The highest BCUT2D eigenvalue weighted by atomic mass is 32.2. The first kappa shape index (κ1) is 18.1. The van der Waals surface area contributed by atoms with Crippen LogP contribution in [-0.4, -0.2) is 31.7 Å². The third kappa shape index (κ3) is 5.76. The SMILES string of the molecule is CCNCc1n[nH]c(C)c1S(=O)(=O)NCCCCC(C)C. The molecule has 1 aromatic heterocycles. The monoisotopic (exact) mass is 316 g/mol. The molecule has 7 heteroatoms. The third-order valence-electron chi connectivity index (χ3n) is 3.27. The van der Waals surface area contributed by atoms with Gasteiger partial charge in [-0.25, -0.2) is 13.1 Å². The van der Waals surface area contributed by atoms with Crippen molar-refractivity contribution in [2.45, 2.75) is 58.4 Å². The van der Waals surface area contributed by atoms with Crippen molar-refractivity contribution in [2.24, 2.45) is 5.92 Å². The molecule has 0 aromatic carbocycles. The van der Waals surface area contributed by atoms with Crippen molar-refractivity contribution < 1.29 is 8.42 Å². The summed E-state index contributed by atoms with van der Waals surface area (Å²) in [6.45, 7) is 9.74. The topological polar surface area (TPSA) is 86.9 Å². The van der Waals surface area contributed by atoms with Crippen molar-refractivity contribution in [3.8, 4) is 0 Å². The zero-order valence-corrected chi connectivity index (χ0v) is 14.3. The maximum absolute atomic E-state index is 12.4. The van der Waals surface area contributed by atoms with Crippen LogP contribution in [0.1, 0.15) is 51.4 Å². The number of hydrogen-bond donors (Lipinski definition) is 3. The molecule has 122 valence electrons. The molecule has 0 aliphatic carbocycles. The van der Waals surface area contributed by atoms with E-state index in [0.717, 1.165) is 25.8 Å². The minimum absolute atomic E-state index is 0.285. The van der Waals surface area contributed by atoms with Gasteiger partial charge in [0.2, 0.25) is 10.0 Å². The molecule has 1 rings (SSSR count). The van der Waals surface area contributed by atoms with Crippen LogP contribution in [0, 0.1) is 12.8 Å². The van der Waals surface area contributed by atoms with Gasteiger partial charge in [0.05, 0.1) is 11.4 Å². The van der Waals surface area contributed by atoms with Crippen LogP contribution < -0.4 is 10.0 Å². The van der Waals surface area contributed by atoms with Crippen LogP contribution in [0.5, 0.6) is 0 Å². The van der Waals surface area contributed by atoms with Crippen LogP contribution in [0.15, 0.2) is 4.90 Å². The Morgan fingerprint density at radius 1 is 1.29 bits per heavy atom. The van der Waals surface area contributed by atoms with E-state index in [-0.39, 0.29) is 4.90 Å². The minimum atomic E-state index is -3.49. The molecule has 6 nitrogen and oxygen atoms in total. The van der Waals surface area contributed by atoms with Gasteiger partial charge in [0.15, 0.2) is 0 Å². The standard InChI is InChI=1S/C14H28N4O2S/c1-5-15-10-13-14(12(4)17-18-13)21(19,20)16-9-7-6-8-11(2)3/h11,15-16H,5-10H2,1-4H3,(H,17,18). The van der Waals surface area contributed by atoms with E-state index in [9.17, 15) is 8.42 Å². The number of aryl methyl sites for hydroxylation is 1. The van der Waals surface area contributed by atoms with Crippen LogP contribution in [0.25, 0.3) is 0 Å². The number of aromatic nitrogens is 2. The van der Waals surface area contributed by atoms with E-state index in [4.69, 9.17) is 0 Å². The van der Waals surface area contributed by atoms with Gasteiger partial charge in [-0.2, -0.15) is 5.10 Å². The quantitative estimate of drug-likeness (QED) is 0.576. The van der Waals surface area contributed by atoms with Crippen LogP contribution in [-0.2, 0) is 16.6 Å². The number of unbranched alkanes of at least 4 members (excludes halogenated alkanes) is 1. The first-order chi connectivity index (χ1) is 9.88. The Bertz CT molecular complexity index is 523. The molecule has 0 amide bonds. The highest BCUT2D eigenvalue weighted by Crippen LogP contribution is 2.17. The number of sulfonamides is 1. The maximum Gasteiger partial charge on any atom is 0.244 e. The largest absolute Gasteiger partial charge is 0.311 e. The molecule has 0 aliphatic heterocycles. The predicted molar refractivity (Wildman–Crippen MR) is 84.6 cm³/mol. The molecule has 1 heterocycles. The Labute approximate surface area is 128 Å². The van der Waals surface area contributed by atoms with E-state index in [1.54, 1.807) is 6.92 Å². The number of hydrogen-bond acceptors (Lipinski definition) is 4. The Morgan fingerprint density at radius 2 is 2.00 bits per heavy atom. The predicted octanol–water partition coefficient (Wildman–Crippen LogP) is 1.93. The fourth-order valence-electron chi connectivity index (χ4n) is 2.15. The first-order valence-corrected chi connectivity index (χ1v) is 9.11. The van der Waals surface area contributed by atoms with Crippen molar-refractivity contribution in [1.29, 1.82) is 0 Å². The molecule has 1 aromatic rings. The molecule has 3 N–H and O–H groups in total.